The lowest BCUT2D eigenvalue weighted by Crippen LogP contribution is -2.44. The van der Waals surface area contributed by atoms with Crippen LogP contribution in [0.3, 0.4) is 0 Å². The average molecular weight is 340 g/mol. The molecule has 1 aromatic rings. The number of nitrogens with one attached hydrogen (secondary N) is 1. The van der Waals surface area contributed by atoms with E-state index >= 15 is 0 Å². The van der Waals surface area contributed by atoms with Crippen molar-refractivity contribution in [3.63, 3.8) is 0 Å². The fraction of sp³-hybridized carbons (Fsp3) is 0.533. The monoisotopic (exact) mass is 340 g/mol. The molecule has 128 valence electrons. The summed E-state index contributed by atoms with van der Waals surface area (Å²) in [5, 5.41) is 2.88. The summed E-state index contributed by atoms with van der Waals surface area (Å²) in [7, 11) is -0.383. The number of benzene rings is 1. The second-order valence-corrected chi connectivity index (χ2v) is 7.82. The molecule has 0 aromatic heterocycles. The predicted molar refractivity (Wildman–Crippen MR) is 89.0 cm³/mol. The first-order chi connectivity index (χ1) is 10.9. The second kappa shape index (κ2) is 7.76. The first-order valence-corrected chi connectivity index (χ1v) is 9.05. The number of carbonyl (C=O) groups excluding carboxylic acids is 1. The minimum Gasteiger partial charge on any atom is -0.334 e. The number of nitrogens with zero attached hydrogens (tertiary/aromatic N) is 3. The molecule has 0 spiro atoms. The van der Waals surface area contributed by atoms with Crippen molar-refractivity contribution >= 4 is 16.2 Å². The summed E-state index contributed by atoms with van der Waals surface area (Å²) >= 11 is 0. The van der Waals surface area contributed by atoms with E-state index < -0.39 is 10.2 Å². The second-order valence-electron chi connectivity index (χ2n) is 5.67. The minimum absolute atomic E-state index is 0.155. The molecule has 0 saturated carbocycles. The van der Waals surface area contributed by atoms with Crippen LogP contribution in [0.25, 0.3) is 0 Å². The van der Waals surface area contributed by atoms with E-state index in [1.165, 1.54) is 22.7 Å². The maximum Gasteiger partial charge on any atom is 0.317 e. The van der Waals surface area contributed by atoms with E-state index in [4.69, 9.17) is 0 Å². The Morgan fingerprint density at radius 3 is 2.48 bits per heavy atom. The van der Waals surface area contributed by atoms with Crippen LogP contribution in [-0.2, 0) is 16.8 Å². The molecule has 1 aliphatic rings. The minimum atomic E-state index is -3.42. The van der Waals surface area contributed by atoms with Gasteiger partial charge in [-0.25, -0.2) is 4.79 Å². The summed E-state index contributed by atoms with van der Waals surface area (Å²) in [6.45, 7) is 2.17. The number of carbonyl (C=O) groups is 1. The van der Waals surface area contributed by atoms with E-state index in [0.717, 1.165) is 5.56 Å². The molecule has 1 fully saturated rings. The van der Waals surface area contributed by atoms with Crippen molar-refractivity contribution in [1.29, 1.82) is 0 Å². The summed E-state index contributed by atoms with van der Waals surface area (Å²) in [6, 6.07) is 9.54. The van der Waals surface area contributed by atoms with Gasteiger partial charge in [-0.15, -0.1) is 0 Å². The molecule has 1 saturated heterocycles. The van der Waals surface area contributed by atoms with E-state index in [9.17, 15) is 13.2 Å². The fourth-order valence-electron chi connectivity index (χ4n) is 2.44. The van der Waals surface area contributed by atoms with Crippen molar-refractivity contribution in [3.05, 3.63) is 35.9 Å². The molecule has 2 rings (SSSR count). The van der Waals surface area contributed by atoms with Crippen LogP contribution < -0.4 is 5.32 Å². The molecule has 2 amide bonds. The SMILES string of the molecule is CN(C)S(=O)(=O)N1CCCN(C(=O)NCc2ccccc2)CC1. The van der Waals surface area contributed by atoms with Gasteiger partial charge in [0.05, 0.1) is 0 Å². The standard InChI is InChI=1S/C15H24N4O3S/c1-17(2)23(21,22)19-10-6-9-18(11-12-19)15(20)16-13-14-7-4-3-5-8-14/h3-5,7-8H,6,9-13H2,1-2H3,(H,16,20). The van der Waals surface area contributed by atoms with Crippen molar-refractivity contribution in [2.75, 3.05) is 40.3 Å². The van der Waals surface area contributed by atoms with Gasteiger partial charge in [0.2, 0.25) is 0 Å². The summed E-state index contributed by atoms with van der Waals surface area (Å²) in [4.78, 5) is 13.9. The molecule has 0 bridgehead atoms. The number of hydrogen-bond donors (Lipinski definition) is 1. The summed E-state index contributed by atoms with van der Waals surface area (Å²) in [6.07, 6.45) is 0.631. The smallest absolute Gasteiger partial charge is 0.317 e. The number of rotatable bonds is 4. The molecule has 0 atom stereocenters. The summed E-state index contributed by atoms with van der Waals surface area (Å²) in [5.41, 5.74) is 1.03. The summed E-state index contributed by atoms with van der Waals surface area (Å²) < 4.78 is 27.0. The Bertz CT molecular complexity index is 619. The highest BCUT2D eigenvalue weighted by molar-refractivity contribution is 7.86. The van der Waals surface area contributed by atoms with Gasteiger partial charge < -0.3 is 10.2 Å². The number of amides is 2. The third kappa shape index (κ3) is 4.66. The Balaban J connectivity index is 1.89. The summed E-state index contributed by atoms with van der Waals surface area (Å²) in [5.74, 6) is 0. The zero-order chi connectivity index (χ0) is 16.9. The van der Waals surface area contributed by atoms with Crippen LogP contribution in [0.2, 0.25) is 0 Å². The largest absolute Gasteiger partial charge is 0.334 e. The molecular weight excluding hydrogens is 316 g/mol. The van der Waals surface area contributed by atoms with Crippen LogP contribution in [-0.4, -0.2) is 68.2 Å². The quantitative estimate of drug-likeness (QED) is 0.877. The molecule has 1 N–H and O–H groups in total. The van der Waals surface area contributed by atoms with Gasteiger partial charge in [-0.1, -0.05) is 30.3 Å². The van der Waals surface area contributed by atoms with Gasteiger partial charge in [-0.05, 0) is 12.0 Å². The van der Waals surface area contributed by atoms with Crippen molar-refractivity contribution in [2.24, 2.45) is 0 Å². The van der Waals surface area contributed by atoms with Crippen LogP contribution >= 0.6 is 0 Å². The molecule has 0 unspecified atom stereocenters. The Morgan fingerprint density at radius 2 is 1.83 bits per heavy atom. The lowest BCUT2D eigenvalue weighted by Gasteiger charge is -2.24. The fourth-order valence-corrected chi connectivity index (χ4v) is 3.58. The highest BCUT2D eigenvalue weighted by Crippen LogP contribution is 2.10. The highest BCUT2D eigenvalue weighted by Gasteiger charge is 2.28. The van der Waals surface area contributed by atoms with Gasteiger partial charge in [-0.3, -0.25) is 0 Å². The molecule has 23 heavy (non-hydrogen) atoms. The maximum absolute atomic E-state index is 12.3. The number of urea groups is 1. The average Bonchev–Trinajstić information content (AvgIpc) is 2.80. The molecule has 8 heteroatoms. The van der Waals surface area contributed by atoms with Crippen LogP contribution in [0.15, 0.2) is 30.3 Å². The first kappa shape index (κ1) is 17.7. The Hall–Kier alpha value is -1.64. The highest BCUT2D eigenvalue weighted by atomic mass is 32.2. The molecule has 7 nitrogen and oxygen atoms in total. The van der Waals surface area contributed by atoms with Crippen molar-refractivity contribution in [1.82, 2.24) is 18.8 Å². The van der Waals surface area contributed by atoms with Crippen LogP contribution in [0.5, 0.6) is 0 Å². The lowest BCUT2D eigenvalue weighted by molar-refractivity contribution is 0.200. The van der Waals surface area contributed by atoms with Crippen LogP contribution in [0.1, 0.15) is 12.0 Å². The van der Waals surface area contributed by atoms with Gasteiger partial charge in [0, 0.05) is 46.8 Å². The molecule has 0 radical (unpaired) electrons. The van der Waals surface area contributed by atoms with E-state index in [-0.39, 0.29) is 6.03 Å². The Kier molecular flexibility index (Phi) is 5.97. The van der Waals surface area contributed by atoms with Gasteiger partial charge in [0.25, 0.3) is 10.2 Å². The normalized spacial score (nSPS) is 17.1. The number of hydrogen-bond acceptors (Lipinski definition) is 3. The molecule has 1 aromatic carbocycles. The van der Waals surface area contributed by atoms with E-state index in [0.29, 0.717) is 39.1 Å². The van der Waals surface area contributed by atoms with Crippen molar-refractivity contribution in [2.45, 2.75) is 13.0 Å². The van der Waals surface area contributed by atoms with Crippen molar-refractivity contribution < 1.29 is 13.2 Å². The third-order valence-corrected chi connectivity index (χ3v) is 5.76. The van der Waals surface area contributed by atoms with Gasteiger partial charge >= 0.3 is 6.03 Å². The van der Waals surface area contributed by atoms with Crippen molar-refractivity contribution in [3.8, 4) is 0 Å². The molecule has 1 heterocycles. The first-order valence-electron chi connectivity index (χ1n) is 7.65. The van der Waals surface area contributed by atoms with Crippen LogP contribution in [0, 0.1) is 0 Å². The van der Waals surface area contributed by atoms with E-state index in [1.807, 2.05) is 30.3 Å². The Morgan fingerprint density at radius 1 is 1.13 bits per heavy atom. The zero-order valence-electron chi connectivity index (χ0n) is 13.6. The van der Waals surface area contributed by atoms with E-state index in [2.05, 4.69) is 5.32 Å². The maximum atomic E-state index is 12.3. The Labute approximate surface area is 138 Å². The van der Waals surface area contributed by atoms with Gasteiger partial charge in [0.1, 0.15) is 0 Å². The van der Waals surface area contributed by atoms with Crippen LogP contribution in [0.4, 0.5) is 4.79 Å². The topological polar surface area (TPSA) is 73.0 Å². The molecular formula is C15H24N4O3S. The predicted octanol–water partition coefficient (Wildman–Crippen LogP) is 0.710. The van der Waals surface area contributed by atoms with Gasteiger partial charge in [0.15, 0.2) is 0 Å². The molecule has 0 aliphatic carbocycles. The van der Waals surface area contributed by atoms with E-state index in [1.54, 1.807) is 4.90 Å². The zero-order valence-corrected chi connectivity index (χ0v) is 14.4. The molecule has 1 aliphatic heterocycles. The lowest BCUT2D eigenvalue weighted by atomic mass is 10.2. The third-order valence-electron chi connectivity index (χ3n) is 3.82. The van der Waals surface area contributed by atoms with Gasteiger partial charge in [-0.2, -0.15) is 17.0 Å².